The van der Waals surface area contributed by atoms with Gasteiger partial charge in [-0.25, -0.2) is 4.31 Å². The van der Waals surface area contributed by atoms with Crippen LogP contribution in [0.15, 0.2) is 36.4 Å². The average molecular weight is 406 g/mol. The van der Waals surface area contributed by atoms with Crippen molar-refractivity contribution in [3.8, 4) is 5.75 Å². The zero-order valence-electron chi connectivity index (χ0n) is 17.1. The van der Waals surface area contributed by atoms with Crippen molar-refractivity contribution < 1.29 is 17.9 Å². The minimum absolute atomic E-state index is 0.359. The number of rotatable bonds is 7. The summed E-state index contributed by atoms with van der Waals surface area (Å²) in [4.78, 5) is 12.7. The van der Waals surface area contributed by atoms with Gasteiger partial charge in [0, 0.05) is 14.1 Å². The summed E-state index contributed by atoms with van der Waals surface area (Å²) >= 11 is 0. The molecule has 2 rings (SSSR count). The van der Waals surface area contributed by atoms with Gasteiger partial charge in [0.05, 0.1) is 18.5 Å². The van der Waals surface area contributed by atoms with Crippen molar-refractivity contribution >= 4 is 27.5 Å². The molecule has 152 valence electrons. The van der Waals surface area contributed by atoms with Crippen LogP contribution in [0.25, 0.3) is 0 Å². The van der Waals surface area contributed by atoms with E-state index >= 15 is 0 Å². The van der Waals surface area contributed by atoms with Crippen LogP contribution >= 0.6 is 0 Å². The Balaban J connectivity index is 2.40. The molecule has 0 atom stereocenters. The number of hydrogen-bond acceptors (Lipinski definition) is 4. The Bertz CT molecular complexity index is 971. The van der Waals surface area contributed by atoms with Crippen molar-refractivity contribution in [3.63, 3.8) is 0 Å². The summed E-state index contributed by atoms with van der Waals surface area (Å²) in [5.41, 5.74) is 3.58. The van der Waals surface area contributed by atoms with Gasteiger partial charge in [0.1, 0.15) is 12.3 Å². The normalized spacial score (nSPS) is 11.4. The smallest absolute Gasteiger partial charge is 0.304 e. The number of aryl methyl sites for hydroxylation is 3. The monoisotopic (exact) mass is 405 g/mol. The highest BCUT2D eigenvalue weighted by Crippen LogP contribution is 2.27. The maximum absolute atomic E-state index is 12.9. The summed E-state index contributed by atoms with van der Waals surface area (Å²) in [6, 6.07) is 10.9. The van der Waals surface area contributed by atoms with Gasteiger partial charge in [-0.1, -0.05) is 18.2 Å². The van der Waals surface area contributed by atoms with Gasteiger partial charge in [0.25, 0.3) is 0 Å². The van der Waals surface area contributed by atoms with E-state index in [9.17, 15) is 13.2 Å². The van der Waals surface area contributed by atoms with Crippen molar-refractivity contribution in [2.75, 3.05) is 37.4 Å². The number of nitrogens with one attached hydrogen (secondary N) is 1. The Labute approximate surface area is 167 Å². The van der Waals surface area contributed by atoms with Crippen LogP contribution in [0.5, 0.6) is 5.75 Å². The minimum Gasteiger partial charge on any atom is -0.495 e. The number of nitrogens with zero attached hydrogens (tertiary/aromatic N) is 2. The molecule has 0 aliphatic heterocycles. The number of carbonyl (C=O) groups is 1. The van der Waals surface area contributed by atoms with Crippen LogP contribution in [0, 0.1) is 20.8 Å². The zero-order chi connectivity index (χ0) is 21.1. The second-order valence-corrected chi connectivity index (χ2v) is 8.91. The lowest BCUT2D eigenvalue weighted by Crippen LogP contribution is -2.44. The highest BCUT2D eigenvalue weighted by Gasteiger charge is 2.28. The standard InChI is InChI=1S/C20H27N3O4S/c1-14-8-10-19(27-6)17(11-14)21-20(24)13-23(28(25,26)22(4)5)18-12-15(2)7-9-16(18)3/h7-12H,13H2,1-6H3,(H,21,24). The van der Waals surface area contributed by atoms with Gasteiger partial charge in [-0.05, 0) is 55.7 Å². The molecule has 7 nitrogen and oxygen atoms in total. The Morgan fingerprint density at radius 1 is 1.04 bits per heavy atom. The van der Waals surface area contributed by atoms with Crippen LogP contribution in [0.4, 0.5) is 11.4 Å². The second-order valence-electron chi connectivity index (χ2n) is 6.84. The molecule has 0 saturated heterocycles. The molecule has 0 bridgehead atoms. The lowest BCUT2D eigenvalue weighted by Gasteiger charge is -2.28. The number of methoxy groups -OCH3 is 1. The van der Waals surface area contributed by atoms with Gasteiger partial charge in [-0.3, -0.25) is 4.79 Å². The summed E-state index contributed by atoms with van der Waals surface area (Å²) < 4.78 is 33.3. The first-order valence-electron chi connectivity index (χ1n) is 8.78. The molecule has 0 radical (unpaired) electrons. The highest BCUT2D eigenvalue weighted by molar-refractivity contribution is 7.90. The fraction of sp³-hybridized carbons (Fsp3) is 0.350. The van der Waals surface area contributed by atoms with Crippen LogP contribution in [0.1, 0.15) is 16.7 Å². The van der Waals surface area contributed by atoms with Crippen molar-refractivity contribution in [2.24, 2.45) is 0 Å². The first kappa shape index (κ1) is 21.7. The maximum Gasteiger partial charge on any atom is 0.304 e. The minimum atomic E-state index is -3.87. The number of benzene rings is 2. The molecular weight excluding hydrogens is 378 g/mol. The highest BCUT2D eigenvalue weighted by atomic mass is 32.2. The van der Waals surface area contributed by atoms with Crippen LogP contribution < -0.4 is 14.4 Å². The van der Waals surface area contributed by atoms with E-state index in [0.717, 1.165) is 25.3 Å². The molecule has 0 aromatic heterocycles. The summed E-state index contributed by atoms with van der Waals surface area (Å²) in [6.45, 7) is 5.23. The lowest BCUT2D eigenvalue weighted by molar-refractivity contribution is -0.114. The van der Waals surface area contributed by atoms with E-state index < -0.39 is 16.1 Å². The third kappa shape index (κ3) is 4.82. The average Bonchev–Trinajstić information content (AvgIpc) is 2.62. The quantitative estimate of drug-likeness (QED) is 0.768. The summed E-state index contributed by atoms with van der Waals surface area (Å²) in [7, 11) is 0.524. The summed E-state index contributed by atoms with van der Waals surface area (Å²) in [5.74, 6) is 0.0444. The fourth-order valence-corrected chi connectivity index (χ4v) is 3.84. The first-order valence-corrected chi connectivity index (χ1v) is 10.2. The van der Waals surface area contributed by atoms with E-state index in [4.69, 9.17) is 4.74 Å². The molecule has 28 heavy (non-hydrogen) atoms. The molecule has 0 fully saturated rings. The van der Waals surface area contributed by atoms with Crippen LogP contribution in [-0.2, 0) is 15.0 Å². The topological polar surface area (TPSA) is 79.0 Å². The number of ether oxygens (including phenoxy) is 1. The maximum atomic E-state index is 12.9. The van der Waals surface area contributed by atoms with Gasteiger partial charge in [-0.15, -0.1) is 0 Å². The molecule has 2 aromatic carbocycles. The van der Waals surface area contributed by atoms with Crippen LogP contribution in [-0.4, -0.2) is 46.4 Å². The molecule has 0 aliphatic carbocycles. The molecule has 1 N–H and O–H groups in total. The van der Waals surface area contributed by atoms with E-state index in [0.29, 0.717) is 17.1 Å². The Morgan fingerprint density at radius 2 is 1.64 bits per heavy atom. The van der Waals surface area contributed by atoms with Gasteiger partial charge in [0.15, 0.2) is 0 Å². The van der Waals surface area contributed by atoms with E-state index in [1.54, 1.807) is 18.2 Å². The second kappa shape index (κ2) is 8.62. The molecule has 0 heterocycles. The van der Waals surface area contributed by atoms with Crippen molar-refractivity contribution in [1.82, 2.24) is 4.31 Å². The molecule has 0 saturated carbocycles. The SMILES string of the molecule is COc1ccc(C)cc1NC(=O)CN(c1cc(C)ccc1C)S(=O)(=O)N(C)C. The number of carbonyl (C=O) groups excluding carboxylic acids is 1. The van der Waals surface area contributed by atoms with E-state index in [2.05, 4.69) is 5.32 Å². The summed E-state index contributed by atoms with van der Waals surface area (Å²) in [6.07, 6.45) is 0. The molecule has 0 unspecified atom stereocenters. The molecule has 2 aromatic rings. The molecule has 8 heteroatoms. The number of anilines is 2. The lowest BCUT2D eigenvalue weighted by atomic mass is 10.1. The van der Waals surface area contributed by atoms with E-state index in [1.165, 1.54) is 21.2 Å². The molecule has 1 amide bonds. The van der Waals surface area contributed by atoms with E-state index in [-0.39, 0.29) is 6.54 Å². The van der Waals surface area contributed by atoms with Gasteiger partial charge in [-0.2, -0.15) is 12.7 Å². The van der Waals surface area contributed by atoms with Gasteiger partial charge >= 0.3 is 10.2 Å². The predicted octanol–water partition coefficient (Wildman–Crippen LogP) is 2.87. The number of hydrogen-bond donors (Lipinski definition) is 1. The molecule has 0 aliphatic rings. The third-order valence-electron chi connectivity index (χ3n) is 4.29. The largest absolute Gasteiger partial charge is 0.495 e. The molecular formula is C20H27N3O4S. The van der Waals surface area contributed by atoms with Crippen molar-refractivity contribution in [1.29, 1.82) is 0 Å². The third-order valence-corrected chi connectivity index (χ3v) is 6.10. The Hall–Kier alpha value is -2.58. The van der Waals surface area contributed by atoms with Gasteiger partial charge < -0.3 is 10.1 Å². The van der Waals surface area contributed by atoms with Crippen molar-refractivity contribution in [3.05, 3.63) is 53.1 Å². The fourth-order valence-electron chi connectivity index (χ4n) is 2.72. The molecule has 0 spiro atoms. The van der Waals surface area contributed by atoms with Gasteiger partial charge in [0.2, 0.25) is 5.91 Å². The van der Waals surface area contributed by atoms with Crippen molar-refractivity contribution in [2.45, 2.75) is 20.8 Å². The summed E-state index contributed by atoms with van der Waals surface area (Å²) in [5, 5.41) is 2.76. The predicted molar refractivity (Wildman–Crippen MR) is 112 cm³/mol. The van der Waals surface area contributed by atoms with Crippen LogP contribution in [0.2, 0.25) is 0 Å². The zero-order valence-corrected chi connectivity index (χ0v) is 17.9. The number of amides is 1. The van der Waals surface area contributed by atoms with E-state index in [1.807, 2.05) is 39.0 Å². The van der Waals surface area contributed by atoms with Crippen LogP contribution in [0.3, 0.4) is 0 Å². The Morgan fingerprint density at radius 3 is 2.25 bits per heavy atom. The first-order chi connectivity index (χ1) is 13.1. The Kier molecular flexibility index (Phi) is 6.69.